The summed E-state index contributed by atoms with van der Waals surface area (Å²) in [6.07, 6.45) is 9.55. The van der Waals surface area contributed by atoms with E-state index in [0.717, 1.165) is 37.8 Å². The van der Waals surface area contributed by atoms with Crippen molar-refractivity contribution in [1.82, 2.24) is 0 Å². The molecule has 0 heterocycles. The Hall–Kier alpha value is -1.57. The van der Waals surface area contributed by atoms with Gasteiger partial charge in [0.15, 0.2) is 0 Å². The molecule has 0 saturated carbocycles. The van der Waals surface area contributed by atoms with Gasteiger partial charge in [0, 0.05) is 11.6 Å². The van der Waals surface area contributed by atoms with Crippen LogP contribution in [-0.2, 0) is 4.79 Å². The third-order valence-electron chi connectivity index (χ3n) is 4.11. The van der Waals surface area contributed by atoms with E-state index in [1.54, 1.807) is 0 Å². The van der Waals surface area contributed by atoms with Crippen molar-refractivity contribution >= 4 is 11.6 Å². The number of benzene rings is 1. The monoisotopic (exact) mass is 301 g/mol. The third-order valence-corrected chi connectivity index (χ3v) is 4.11. The Morgan fingerprint density at radius 2 is 1.95 bits per heavy atom. The lowest BCUT2D eigenvalue weighted by Crippen LogP contribution is -2.23. The Balaban J connectivity index is 2.58. The Kier molecular flexibility index (Phi) is 8.57. The summed E-state index contributed by atoms with van der Waals surface area (Å²) in [5.41, 5.74) is 2.17. The van der Waals surface area contributed by atoms with Gasteiger partial charge in [-0.05, 0) is 50.2 Å². The lowest BCUT2D eigenvalue weighted by Gasteiger charge is -2.18. The van der Waals surface area contributed by atoms with E-state index in [1.807, 2.05) is 18.2 Å². The van der Waals surface area contributed by atoms with Crippen molar-refractivity contribution in [3.05, 3.63) is 42.0 Å². The first-order chi connectivity index (χ1) is 10.6. The molecule has 0 aliphatic heterocycles. The van der Waals surface area contributed by atoms with Crippen molar-refractivity contribution in [1.29, 1.82) is 0 Å². The van der Waals surface area contributed by atoms with Crippen LogP contribution >= 0.6 is 0 Å². The predicted octanol–water partition coefficient (Wildman–Crippen LogP) is 5.91. The molecule has 2 heteroatoms. The first-order valence-electron chi connectivity index (χ1n) is 8.61. The summed E-state index contributed by atoms with van der Waals surface area (Å²) in [7, 11) is 0. The molecule has 1 atom stereocenters. The first kappa shape index (κ1) is 18.5. The number of carbonyl (C=O) groups is 1. The second-order valence-electron chi connectivity index (χ2n) is 6.19. The highest BCUT2D eigenvalue weighted by atomic mass is 16.1. The van der Waals surface area contributed by atoms with Crippen LogP contribution in [0.5, 0.6) is 0 Å². The summed E-state index contributed by atoms with van der Waals surface area (Å²) in [6.45, 7) is 8.46. The van der Waals surface area contributed by atoms with Crippen LogP contribution in [-0.4, -0.2) is 5.91 Å². The molecule has 0 saturated heterocycles. The van der Waals surface area contributed by atoms with E-state index < -0.39 is 0 Å². The maximum Gasteiger partial charge on any atom is 0.227 e. The van der Waals surface area contributed by atoms with Crippen molar-refractivity contribution in [3.8, 4) is 0 Å². The topological polar surface area (TPSA) is 29.1 Å². The van der Waals surface area contributed by atoms with Crippen molar-refractivity contribution in [2.24, 2.45) is 5.92 Å². The zero-order valence-corrected chi connectivity index (χ0v) is 14.6. The van der Waals surface area contributed by atoms with Gasteiger partial charge in [-0.1, -0.05) is 57.5 Å². The molecule has 1 unspecified atom stereocenters. The fraction of sp³-hybridized carbons (Fsp3) is 0.550. The van der Waals surface area contributed by atoms with Crippen LogP contribution in [0, 0.1) is 5.92 Å². The van der Waals surface area contributed by atoms with Gasteiger partial charge in [0.05, 0.1) is 0 Å². The highest BCUT2D eigenvalue weighted by molar-refractivity contribution is 5.93. The van der Waals surface area contributed by atoms with Gasteiger partial charge in [0.25, 0.3) is 0 Å². The summed E-state index contributed by atoms with van der Waals surface area (Å²) in [5, 5.41) is 3.14. The van der Waals surface area contributed by atoms with E-state index in [9.17, 15) is 4.79 Å². The maximum atomic E-state index is 12.5. The van der Waals surface area contributed by atoms with E-state index >= 15 is 0 Å². The first-order valence-corrected chi connectivity index (χ1v) is 8.61. The van der Waals surface area contributed by atoms with Gasteiger partial charge >= 0.3 is 0 Å². The van der Waals surface area contributed by atoms with Crippen LogP contribution in [0.1, 0.15) is 71.3 Å². The normalized spacial score (nSPS) is 12.8. The SMILES string of the molecule is CC=CCCCCC(CC)C(=O)Nc1ccccc1C(C)C. The minimum Gasteiger partial charge on any atom is -0.326 e. The number of allylic oxidation sites excluding steroid dienone is 2. The predicted molar refractivity (Wildman–Crippen MR) is 96.2 cm³/mol. The Morgan fingerprint density at radius 1 is 1.23 bits per heavy atom. The molecule has 0 radical (unpaired) electrons. The second kappa shape index (κ2) is 10.2. The van der Waals surface area contributed by atoms with Gasteiger partial charge in [-0.25, -0.2) is 0 Å². The number of rotatable bonds is 9. The molecule has 1 aromatic carbocycles. The third kappa shape index (κ3) is 6.05. The van der Waals surface area contributed by atoms with Crippen LogP contribution in [0.25, 0.3) is 0 Å². The Morgan fingerprint density at radius 3 is 2.59 bits per heavy atom. The lowest BCUT2D eigenvalue weighted by molar-refractivity contribution is -0.120. The zero-order valence-electron chi connectivity index (χ0n) is 14.6. The van der Waals surface area contributed by atoms with E-state index in [1.165, 1.54) is 5.56 Å². The average molecular weight is 301 g/mol. The van der Waals surface area contributed by atoms with E-state index in [4.69, 9.17) is 0 Å². The number of anilines is 1. The summed E-state index contributed by atoms with van der Waals surface area (Å²) < 4.78 is 0. The lowest BCUT2D eigenvalue weighted by atomic mass is 9.96. The molecule has 122 valence electrons. The highest BCUT2D eigenvalue weighted by Crippen LogP contribution is 2.25. The quantitative estimate of drug-likeness (QED) is 0.446. The van der Waals surface area contributed by atoms with Crippen molar-refractivity contribution in [2.75, 3.05) is 5.32 Å². The molecular formula is C20H31NO. The molecule has 0 aliphatic rings. The van der Waals surface area contributed by atoms with Gasteiger partial charge in [0.2, 0.25) is 5.91 Å². The Labute approximate surface area is 136 Å². The van der Waals surface area contributed by atoms with Crippen molar-refractivity contribution in [3.63, 3.8) is 0 Å². The minimum absolute atomic E-state index is 0.117. The van der Waals surface area contributed by atoms with Crippen molar-refractivity contribution < 1.29 is 4.79 Å². The summed E-state index contributed by atoms with van der Waals surface area (Å²) in [4.78, 5) is 12.5. The Bertz CT molecular complexity index is 476. The fourth-order valence-corrected chi connectivity index (χ4v) is 2.69. The van der Waals surface area contributed by atoms with E-state index in [-0.39, 0.29) is 11.8 Å². The molecular weight excluding hydrogens is 270 g/mol. The maximum absolute atomic E-state index is 12.5. The van der Waals surface area contributed by atoms with Crippen LogP contribution in [0.15, 0.2) is 36.4 Å². The summed E-state index contributed by atoms with van der Waals surface area (Å²) in [5.74, 6) is 0.699. The highest BCUT2D eigenvalue weighted by Gasteiger charge is 2.17. The number of hydrogen-bond donors (Lipinski definition) is 1. The van der Waals surface area contributed by atoms with Crippen LogP contribution in [0.2, 0.25) is 0 Å². The van der Waals surface area contributed by atoms with Crippen LogP contribution < -0.4 is 5.32 Å². The van der Waals surface area contributed by atoms with Gasteiger partial charge in [0.1, 0.15) is 0 Å². The van der Waals surface area contributed by atoms with Crippen LogP contribution in [0.4, 0.5) is 5.69 Å². The summed E-state index contributed by atoms with van der Waals surface area (Å²) in [6, 6.07) is 8.12. The molecule has 0 bridgehead atoms. The largest absolute Gasteiger partial charge is 0.326 e. The van der Waals surface area contributed by atoms with Gasteiger partial charge in [-0.2, -0.15) is 0 Å². The average Bonchev–Trinajstić information content (AvgIpc) is 2.51. The molecule has 2 nitrogen and oxygen atoms in total. The zero-order chi connectivity index (χ0) is 16.4. The summed E-state index contributed by atoms with van der Waals surface area (Å²) >= 11 is 0. The molecule has 22 heavy (non-hydrogen) atoms. The number of carbonyl (C=O) groups excluding carboxylic acids is 1. The number of para-hydroxylation sites is 1. The standard InChI is InChI=1S/C20H31NO/c1-5-7-8-9-10-13-17(6-2)20(22)21-19-15-12-11-14-18(19)16(3)4/h5,7,11-12,14-17H,6,8-10,13H2,1-4H3,(H,21,22). The van der Waals surface area contributed by atoms with E-state index in [0.29, 0.717) is 5.92 Å². The van der Waals surface area contributed by atoms with Gasteiger partial charge < -0.3 is 5.32 Å². The molecule has 0 aromatic heterocycles. The second-order valence-corrected chi connectivity index (χ2v) is 6.19. The fourth-order valence-electron chi connectivity index (χ4n) is 2.69. The van der Waals surface area contributed by atoms with Gasteiger partial charge in [-0.3, -0.25) is 4.79 Å². The molecule has 0 fully saturated rings. The molecule has 1 aromatic rings. The molecule has 0 spiro atoms. The smallest absolute Gasteiger partial charge is 0.227 e. The van der Waals surface area contributed by atoms with E-state index in [2.05, 4.69) is 51.2 Å². The van der Waals surface area contributed by atoms with Gasteiger partial charge in [-0.15, -0.1) is 0 Å². The number of hydrogen-bond acceptors (Lipinski definition) is 1. The number of unbranched alkanes of at least 4 members (excludes halogenated alkanes) is 2. The molecule has 1 rings (SSSR count). The number of amides is 1. The van der Waals surface area contributed by atoms with Crippen molar-refractivity contribution in [2.45, 2.75) is 65.7 Å². The number of nitrogens with one attached hydrogen (secondary N) is 1. The molecule has 1 amide bonds. The molecule has 0 aliphatic carbocycles. The van der Waals surface area contributed by atoms with Crippen LogP contribution in [0.3, 0.4) is 0 Å². The minimum atomic E-state index is 0.117. The molecule has 1 N–H and O–H groups in total.